The molecular weight excluding hydrogens is 607 g/mol. The molecule has 234 valence electrons. The molecule has 0 N–H and O–H groups in total. The first-order chi connectivity index (χ1) is 24.8. The van der Waals surface area contributed by atoms with Crippen molar-refractivity contribution in [1.82, 2.24) is 14.1 Å². The predicted molar refractivity (Wildman–Crippen MR) is 209 cm³/mol. The first-order valence-corrected chi connectivity index (χ1v) is 17.1. The lowest BCUT2D eigenvalue weighted by molar-refractivity contribution is 1.01. The minimum absolute atomic E-state index is 0.878. The molecule has 3 nitrogen and oxygen atoms in total. The van der Waals surface area contributed by atoms with Crippen LogP contribution < -0.4 is 0 Å². The summed E-state index contributed by atoms with van der Waals surface area (Å²) in [7, 11) is 0. The first kappa shape index (κ1) is 28.3. The van der Waals surface area contributed by atoms with Gasteiger partial charge in [0.15, 0.2) is 0 Å². The van der Waals surface area contributed by atoms with E-state index in [1.54, 1.807) is 0 Å². The van der Waals surface area contributed by atoms with E-state index in [-0.39, 0.29) is 0 Å². The van der Waals surface area contributed by atoms with Crippen molar-refractivity contribution >= 4 is 43.6 Å². The maximum absolute atomic E-state index is 5.53. The highest BCUT2D eigenvalue weighted by molar-refractivity contribution is 6.10. The monoisotopic (exact) mass is 637 g/mol. The first-order valence-electron chi connectivity index (χ1n) is 17.1. The summed E-state index contributed by atoms with van der Waals surface area (Å²) in [6, 6.07) is 67.4. The third kappa shape index (κ3) is 4.56. The fraction of sp³-hybridized carbons (Fsp3) is 0. The Labute approximate surface area is 290 Å². The normalized spacial score (nSPS) is 11.6. The number of pyridine rings is 1. The molecule has 0 bridgehead atoms. The summed E-state index contributed by atoms with van der Waals surface area (Å²) >= 11 is 0. The molecule has 3 aromatic heterocycles. The Morgan fingerprint density at radius 2 is 0.540 bits per heavy atom. The van der Waals surface area contributed by atoms with Gasteiger partial charge in [-0.2, -0.15) is 0 Å². The molecule has 7 aromatic carbocycles. The van der Waals surface area contributed by atoms with Gasteiger partial charge in [-0.05, 0) is 88.0 Å². The van der Waals surface area contributed by atoms with Gasteiger partial charge in [0.25, 0.3) is 0 Å². The molecule has 3 heterocycles. The van der Waals surface area contributed by atoms with Crippen LogP contribution in [0.1, 0.15) is 0 Å². The molecule has 0 radical (unpaired) electrons. The fourth-order valence-corrected chi connectivity index (χ4v) is 7.63. The molecule has 10 aromatic rings. The molecule has 0 unspecified atom stereocenters. The summed E-state index contributed by atoms with van der Waals surface area (Å²) in [6.45, 7) is 0. The van der Waals surface area contributed by atoms with Gasteiger partial charge in [-0.15, -0.1) is 0 Å². The lowest BCUT2D eigenvalue weighted by atomic mass is 9.93. The van der Waals surface area contributed by atoms with Crippen molar-refractivity contribution in [3.8, 4) is 45.0 Å². The SMILES string of the molecule is c1ccc(-c2cc(-c3ccccc3)cc(-c3cc(-n4c5ccccc5c5ccccc54)nc(-n4c5ccccc5c5ccccc54)c3)c2)cc1. The van der Waals surface area contributed by atoms with E-state index in [0.717, 1.165) is 44.8 Å². The maximum atomic E-state index is 5.53. The Hall–Kier alpha value is -6.71. The van der Waals surface area contributed by atoms with Crippen molar-refractivity contribution in [2.45, 2.75) is 0 Å². The summed E-state index contributed by atoms with van der Waals surface area (Å²) in [5.74, 6) is 1.76. The quantitative estimate of drug-likeness (QED) is 0.184. The van der Waals surface area contributed by atoms with E-state index < -0.39 is 0 Å². The molecule has 0 spiro atoms. The van der Waals surface area contributed by atoms with Crippen LogP contribution in [0, 0.1) is 0 Å². The van der Waals surface area contributed by atoms with Crippen molar-refractivity contribution < 1.29 is 0 Å². The van der Waals surface area contributed by atoms with E-state index in [1.807, 2.05) is 0 Å². The molecule has 0 aliphatic heterocycles. The highest BCUT2D eigenvalue weighted by Gasteiger charge is 2.19. The van der Waals surface area contributed by atoms with Gasteiger partial charge in [-0.3, -0.25) is 9.13 Å². The zero-order chi connectivity index (χ0) is 33.0. The largest absolute Gasteiger partial charge is 0.294 e. The molecule has 0 saturated heterocycles. The van der Waals surface area contributed by atoms with Gasteiger partial charge >= 0.3 is 0 Å². The van der Waals surface area contributed by atoms with E-state index in [1.165, 1.54) is 43.8 Å². The third-order valence-corrected chi connectivity index (χ3v) is 9.90. The molecular formula is C47H31N3. The molecule has 0 aliphatic carbocycles. The van der Waals surface area contributed by atoms with Crippen LogP contribution in [0.2, 0.25) is 0 Å². The molecule has 0 aliphatic rings. The topological polar surface area (TPSA) is 22.8 Å². The maximum Gasteiger partial charge on any atom is 0.140 e. The van der Waals surface area contributed by atoms with E-state index >= 15 is 0 Å². The van der Waals surface area contributed by atoms with Gasteiger partial charge in [-0.25, -0.2) is 4.98 Å². The van der Waals surface area contributed by atoms with Crippen molar-refractivity contribution in [2.24, 2.45) is 0 Å². The second-order valence-corrected chi connectivity index (χ2v) is 12.8. The van der Waals surface area contributed by atoms with Crippen LogP contribution in [0.4, 0.5) is 0 Å². The lowest BCUT2D eigenvalue weighted by Crippen LogP contribution is -2.04. The highest BCUT2D eigenvalue weighted by Crippen LogP contribution is 2.38. The highest BCUT2D eigenvalue weighted by atomic mass is 15.1. The molecule has 50 heavy (non-hydrogen) atoms. The molecule has 10 rings (SSSR count). The summed E-state index contributed by atoms with van der Waals surface area (Å²) < 4.78 is 4.65. The Kier molecular flexibility index (Phi) is 6.49. The number of hydrogen-bond donors (Lipinski definition) is 0. The summed E-state index contributed by atoms with van der Waals surface area (Å²) in [5, 5.41) is 4.86. The van der Waals surface area contributed by atoms with Gasteiger partial charge in [0.1, 0.15) is 11.6 Å². The molecule has 0 atom stereocenters. The third-order valence-electron chi connectivity index (χ3n) is 9.90. The number of fused-ring (bicyclic) bond motifs is 6. The van der Waals surface area contributed by atoms with Crippen LogP contribution in [-0.4, -0.2) is 14.1 Å². The second-order valence-electron chi connectivity index (χ2n) is 12.8. The second kappa shape index (κ2) is 11.5. The summed E-state index contributed by atoms with van der Waals surface area (Å²) in [5.41, 5.74) is 11.5. The molecule has 0 saturated carbocycles. The van der Waals surface area contributed by atoms with Crippen molar-refractivity contribution in [2.75, 3.05) is 0 Å². The average molecular weight is 638 g/mol. The fourth-order valence-electron chi connectivity index (χ4n) is 7.63. The zero-order valence-electron chi connectivity index (χ0n) is 27.2. The summed E-state index contributed by atoms with van der Waals surface area (Å²) in [6.07, 6.45) is 0. The molecule has 0 amide bonds. The predicted octanol–water partition coefficient (Wildman–Crippen LogP) is 12.3. The van der Waals surface area contributed by atoms with Crippen molar-refractivity contribution in [3.05, 3.63) is 188 Å². The number of hydrogen-bond acceptors (Lipinski definition) is 1. The van der Waals surface area contributed by atoms with Crippen LogP contribution in [0.15, 0.2) is 188 Å². The number of rotatable bonds is 5. The van der Waals surface area contributed by atoms with Crippen LogP contribution in [0.25, 0.3) is 88.6 Å². The Morgan fingerprint density at radius 1 is 0.260 bits per heavy atom. The van der Waals surface area contributed by atoms with Gasteiger partial charge in [0, 0.05) is 21.5 Å². The van der Waals surface area contributed by atoms with Gasteiger partial charge in [-0.1, -0.05) is 133 Å². The van der Waals surface area contributed by atoms with Gasteiger partial charge in [0.05, 0.1) is 22.1 Å². The van der Waals surface area contributed by atoms with Crippen molar-refractivity contribution in [3.63, 3.8) is 0 Å². The minimum Gasteiger partial charge on any atom is -0.294 e. The number of para-hydroxylation sites is 4. The number of aromatic nitrogens is 3. The lowest BCUT2D eigenvalue weighted by Gasteiger charge is -2.16. The van der Waals surface area contributed by atoms with Crippen LogP contribution in [0.3, 0.4) is 0 Å². The number of benzene rings is 7. The minimum atomic E-state index is 0.878. The Balaban J connectivity index is 1.31. The standard InChI is InChI=1S/C47H31N3/c1-3-15-32(16-4-1)34-27-35(33-17-5-2-6-18-33)29-36(28-34)37-30-46(49-42-23-11-7-19-38(42)39-20-8-12-24-43(39)49)48-47(31-37)50-44-25-13-9-21-40(44)41-22-10-14-26-45(41)50/h1-31H. The van der Waals surface area contributed by atoms with E-state index in [4.69, 9.17) is 4.98 Å². The van der Waals surface area contributed by atoms with Gasteiger partial charge < -0.3 is 0 Å². The zero-order valence-corrected chi connectivity index (χ0v) is 27.2. The molecule has 3 heteroatoms. The van der Waals surface area contributed by atoms with E-state index in [2.05, 4.69) is 197 Å². The van der Waals surface area contributed by atoms with Crippen LogP contribution in [-0.2, 0) is 0 Å². The van der Waals surface area contributed by atoms with Crippen molar-refractivity contribution in [1.29, 1.82) is 0 Å². The smallest absolute Gasteiger partial charge is 0.140 e. The van der Waals surface area contributed by atoms with Crippen LogP contribution >= 0.6 is 0 Å². The Bertz CT molecular complexity index is 2560. The number of nitrogens with zero attached hydrogens (tertiary/aromatic N) is 3. The molecule has 0 fully saturated rings. The van der Waals surface area contributed by atoms with Crippen LogP contribution in [0.5, 0.6) is 0 Å². The van der Waals surface area contributed by atoms with E-state index in [9.17, 15) is 0 Å². The average Bonchev–Trinajstić information content (AvgIpc) is 3.71. The van der Waals surface area contributed by atoms with Gasteiger partial charge in [0.2, 0.25) is 0 Å². The van der Waals surface area contributed by atoms with E-state index in [0.29, 0.717) is 0 Å². The Morgan fingerprint density at radius 3 is 0.900 bits per heavy atom. The summed E-state index contributed by atoms with van der Waals surface area (Å²) in [4.78, 5) is 5.53.